The molecule has 1 heterocycles. The molecular weight excluding hydrogens is 248 g/mol. The summed E-state index contributed by atoms with van der Waals surface area (Å²) in [6.07, 6.45) is -3.49. The monoisotopic (exact) mass is 259 g/mol. The summed E-state index contributed by atoms with van der Waals surface area (Å²) < 4.78 is 38.5. The molecule has 1 aromatic rings. The van der Waals surface area contributed by atoms with Gasteiger partial charge in [0.05, 0.1) is 7.11 Å². The Bertz CT molecular complexity index is 478. The molecule has 1 aromatic carbocycles. The molecule has 0 bridgehead atoms. The van der Waals surface area contributed by atoms with E-state index in [1.165, 1.54) is 25.3 Å². The van der Waals surface area contributed by atoms with Crippen LogP contribution in [-0.2, 0) is 16.0 Å². The van der Waals surface area contributed by atoms with Gasteiger partial charge in [-0.2, -0.15) is 0 Å². The number of hydrogen-bond acceptors (Lipinski definition) is 5. The van der Waals surface area contributed by atoms with Crippen LogP contribution < -0.4 is 15.2 Å². The highest BCUT2D eigenvalue weighted by Crippen LogP contribution is 2.41. The van der Waals surface area contributed by atoms with Gasteiger partial charge in [0.1, 0.15) is 6.04 Å². The highest BCUT2D eigenvalue weighted by atomic mass is 19.3. The van der Waals surface area contributed by atoms with E-state index in [0.717, 1.165) is 0 Å². The van der Waals surface area contributed by atoms with E-state index < -0.39 is 18.3 Å². The topological polar surface area (TPSA) is 70.8 Å². The molecule has 7 heteroatoms. The lowest BCUT2D eigenvalue weighted by Gasteiger charge is -2.09. The Morgan fingerprint density at radius 2 is 2.11 bits per heavy atom. The van der Waals surface area contributed by atoms with E-state index in [-0.39, 0.29) is 17.9 Å². The summed E-state index contributed by atoms with van der Waals surface area (Å²) in [7, 11) is 1.22. The second-order valence-corrected chi connectivity index (χ2v) is 3.78. The zero-order valence-electron chi connectivity index (χ0n) is 9.48. The fourth-order valence-electron chi connectivity index (χ4n) is 1.61. The van der Waals surface area contributed by atoms with E-state index in [2.05, 4.69) is 14.2 Å². The summed E-state index contributed by atoms with van der Waals surface area (Å²) in [5.41, 5.74) is 6.14. The molecule has 1 aliphatic rings. The summed E-state index contributed by atoms with van der Waals surface area (Å²) >= 11 is 0. The lowest BCUT2D eigenvalue weighted by molar-refractivity contribution is -0.286. The normalized spacial score (nSPS) is 17.3. The molecule has 1 atom stereocenters. The van der Waals surface area contributed by atoms with Crippen molar-refractivity contribution >= 4 is 5.97 Å². The first kappa shape index (κ1) is 12.6. The van der Waals surface area contributed by atoms with Crippen LogP contribution in [0.2, 0.25) is 0 Å². The molecule has 1 aliphatic heterocycles. The van der Waals surface area contributed by atoms with Crippen LogP contribution in [-0.4, -0.2) is 25.4 Å². The molecule has 0 saturated heterocycles. The number of esters is 1. The fourth-order valence-corrected chi connectivity index (χ4v) is 1.61. The van der Waals surface area contributed by atoms with E-state index >= 15 is 0 Å². The number of benzene rings is 1. The van der Waals surface area contributed by atoms with E-state index in [9.17, 15) is 13.6 Å². The Kier molecular flexibility index (Phi) is 3.08. The van der Waals surface area contributed by atoms with Crippen LogP contribution in [0.1, 0.15) is 5.56 Å². The number of fused-ring (bicyclic) bond motifs is 1. The number of hydrogen-bond donors (Lipinski definition) is 1. The average Bonchev–Trinajstić information content (AvgIpc) is 2.61. The summed E-state index contributed by atoms with van der Waals surface area (Å²) in [6.45, 7) is 0. The van der Waals surface area contributed by atoms with Gasteiger partial charge in [-0.25, -0.2) is 0 Å². The van der Waals surface area contributed by atoms with Crippen molar-refractivity contribution in [2.45, 2.75) is 18.8 Å². The van der Waals surface area contributed by atoms with Crippen LogP contribution in [0, 0.1) is 0 Å². The third kappa shape index (κ3) is 2.51. The maximum atomic E-state index is 12.8. The van der Waals surface area contributed by atoms with Crippen molar-refractivity contribution in [2.75, 3.05) is 7.11 Å². The minimum Gasteiger partial charge on any atom is -0.468 e. The molecule has 0 amide bonds. The molecule has 0 saturated carbocycles. The molecular formula is C11H11F2NO4. The zero-order chi connectivity index (χ0) is 13.3. The van der Waals surface area contributed by atoms with E-state index in [4.69, 9.17) is 5.73 Å². The number of methoxy groups -OCH3 is 1. The molecule has 18 heavy (non-hydrogen) atoms. The third-order valence-electron chi connectivity index (χ3n) is 2.43. The molecule has 0 radical (unpaired) electrons. The maximum Gasteiger partial charge on any atom is 0.586 e. The van der Waals surface area contributed by atoms with Crippen molar-refractivity contribution in [1.82, 2.24) is 0 Å². The van der Waals surface area contributed by atoms with E-state index in [1.54, 1.807) is 0 Å². The smallest absolute Gasteiger partial charge is 0.468 e. The van der Waals surface area contributed by atoms with Crippen molar-refractivity contribution in [3.63, 3.8) is 0 Å². The van der Waals surface area contributed by atoms with Crippen LogP contribution in [0.15, 0.2) is 18.2 Å². The highest BCUT2D eigenvalue weighted by Gasteiger charge is 2.43. The second kappa shape index (κ2) is 4.41. The Morgan fingerprint density at radius 1 is 1.44 bits per heavy atom. The van der Waals surface area contributed by atoms with Gasteiger partial charge >= 0.3 is 12.3 Å². The molecule has 0 spiro atoms. The number of carbonyl (C=O) groups is 1. The standard InChI is InChI=1S/C11H11F2NO4/c1-16-10(15)7(14)4-6-2-3-8-9(5-6)18-11(12,13)17-8/h2-3,5,7H,4,14H2,1H3/t7-/m0/s1. The van der Waals surface area contributed by atoms with Crippen molar-refractivity contribution in [3.8, 4) is 11.5 Å². The Balaban J connectivity index is 2.12. The Hall–Kier alpha value is -1.89. The zero-order valence-corrected chi connectivity index (χ0v) is 9.48. The minimum absolute atomic E-state index is 0.0459. The first-order valence-corrected chi connectivity index (χ1v) is 5.13. The number of nitrogens with two attached hydrogens (primary N) is 1. The van der Waals surface area contributed by atoms with Crippen molar-refractivity contribution in [3.05, 3.63) is 23.8 Å². The minimum atomic E-state index is -3.65. The molecule has 5 nitrogen and oxygen atoms in total. The molecule has 2 N–H and O–H groups in total. The quantitative estimate of drug-likeness (QED) is 0.821. The van der Waals surface area contributed by atoms with Crippen LogP contribution >= 0.6 is 0 Å². The van der Waals surface area contributed by atoms with Crippen LogP contribution in [0.3, 0.4) is 0 Å². The van der Waals surface area contributed by atoms with Crippen molar-refractivity contribution in [1.29, 1.82) is 0 Å². The first-order valence-electron chi connectivity index (χ1n) is 5.13. The van der Waals surface area contributed by atoms with Crippen LogP contribution in [0.5, 0.6) is 11.5 Å². The number of rotatable bonds is 3. The lowest BCUT2D eigenvalue weighted by Crippen LogP contribution is -2.33. The van der Waals surface area contributed by atoms with Gasteiger partial charge in [0.15, 0.2) is 11.5 Å². The third-order valence-corrected chi connectivity index (χ3v) is 2.43. The Labute approximate surface area is 101 Å². The maximum absolute atomic E-state index is 12.8. The average molecular weight is 259 g/mol. The fraction of sp³-hybridized carbons (Fsp3) is 0.364. The Morgan fingerprint density at radius 3 is 2.78 bits per heavy atom. The first-order chi connectivity index (χ1) is 8.41. The molecule has 0 fully saturated rings. The summed E-state index contributed by atoms with van der Waals surface area (Å²) in [6, 6.07) is 3.39. The SMILES string of the molecule is COC(=O)[C@@H](N)Cc1ccc2c(c1)OC(F)(F)O2. The van der Waals surface area contributed by atoms with Gasteiger partial charge in [-0.15, -0.1) is 8.78 Å². The summed E-state index contributed by atoms with van der Waals surface area (Å²) in [4.78, 5) is 11.1. The molecule has 0 aliphatic carbocycles. The van der Waals surface area contributed by atoms with Gasteiger partial charge in [0, 0.05) is 0 Å². The largest absolute Gasteiger partial charge is 0.586 e. The van der Waals surface area contributed by atoms with Gasteiger partial charge in [-0.3, -0.25) is 4.79 Å². The lowest BCUT2D eigenvalue weighted by atomic mass is 10.1. The van der Waals surface area contributed by atoms with Gasteiger partial charge in [-0.05, 0) is 24.1 Å². The van der Waals surface area contributed by atoms with Gasteiger partial charge in [-0.1, -0.05) is 6.07 Å². The molecule has 0 aromatic heterocycles. The molecule has 2 rings (SSSR count). The molecule has 98 valence electrons. The number of carbonyl (C=O) groups excluding carboxylic acids is 1. The predicted molar refractivity (Wildman–Crippen MR) is 56.3 cm³/mol. The molecule has 0 unspecified atom stereocenters. The van der Waals surface area contributed by atoms with Gasteiger partial charge < -0.3 is 19.9 Å². The van der Waals surface area contributed by atoms with Gasteiger partial charge in [0.25, 0.3) is 0 Å². The highest BCUT2D eigenvalue weighted by molar-refractivity contribution is 5.75. The van der Waals surface area contributed by atoms with Gasteiger partial charge in [0.2, 0.25) is 0 Å². The summed E-state index contributed by atoms with van der Waals surface area (Å²) in [5, 5.41) is 0. The van der Waals surface area contributed by atoms with Crippen LogP contribution in [0.4, 0.5) is 8.78 Å². The number of alkyl halides is 2. The van der Waals surface area contributed by atoms with Crippen LogP contribution in [0.25, 0.3) is 0 Å². The van der Waals surface area contributed by atoms with Crippen molar-refractivity contribution in [2.24, 2.45) is 5.73 Å². The van der Waals surface area contributed by atoms with E-state index in [1.807, 2.05) is 0 Å². The summed E-state index contributed by atoms with van der Waals surface area (Å²) in [5.74, 6) is -0.692. The van der Waals surface area contributed by atoms with E-state index in [0.29, 0.717) is 5.56 Å². The second-order valence-electron chi connectivity index (χ2n) is 3.78. The predicted octanol–water partition coefficient (Wildman–Crippen LogP) is 1.05. The number of halogens is 2. The number of ether oxygens (including phenoxy) is 3. The van der Waals surface area contributed by atoms with Crippen molar-refractivity contribution < 1.29 is 27.8 Å².